The van der Waals surface area contributed by atoms with Gasteiger partial charge in [0.2, 0.25) is 0 Å². The van der Waals surface area contributed by atoms with Gasteiger partial charge < -0.3 is 29.8 Å². The molecule has 0 bridgehead atoms. The quantitative estimate of drug-likeness (QED) is 0.317. The van der Waals surface area contributed by atoms with Crippen LogP contribution in [-0.4, -0.2) is 47.7 Å². The largest absolute Gasteiger partial charge is 0.497 e. The molecule has 9 nitrogen and oxygen atoms in total. The lowest BCUT2D eigenvalue weighted by atomic mass is 9.80. The molecular weight excluding hydrogens is 498 g/mol. The second-order valence-electron chi connectivity index (χ2n) is 9.29. The van der Waals surface area contributed by atoms with Crippen LogP contribution in [0.25, 0.3) is 0 Å². The fourth-order valence-electron chi connectivity index (χ4n) is 4.96. The minimum Gasteiger partial charge on any atom is -0.497 e. The minimum atomic E-state index is -1.05. The first-order valence-corrected chi connectivity index (χ1v) is 12.6. The fourth-order valence-corrected chi connectivity index (χ4v) is 4.96. The molecule has 1 aliphatic heterocycles. The zero-order chi connectivity index (χ0) is 27.4. The average Bonchev–Trinajstić information content (AvgIpc) is 3.34. The van der Waals surface area contributed by atoms with Crippen LogP contribution in [0.15, 0.2) is 95.9 Å². The van der Waals surface area contributed by atoms with Crippen LogP contribution >= 0.6 is 0 Å². The number of anilines is 1. The monoisotopic (exact) mass is 529 g/mol. The van der Waals surface area contributed by atoms with Gasteiger partial charge in [-0.25, -0.2) is 4.79 Å². The highest BCUT2D eigenvalue weighted by atomic mass is 16.6. The third-order valence-electron chi connectivity index (χ3n) is 7.00. The van der Waals surface area contributed by atoms with Gasteiger partial charge in [-0.3, -0.25) is 4.57 Å². The molecule has 9 heteroatoms. The molecule has 2 heterocycles. The molecule has 0 radical (unpaired) electrons. The number of rotatable bonds is 9. The second-order valence-corrected chi connectivity index (χ2v) is 9.29. The van der Waals surface area contributed by atoms with E-state index in [1.807, 2.05) is 78.9 Å². The molecule has 1 aliphatic rings. The zero-order valence-electron chi connectivity index (χ0n) is 21.8. The highest BCUT2D eigenvalue weighted by Gasteiger charge is 2.42. The topological polar surface area (TPSA) is 118 Å². The normalized spacial score (nSPS) is 19.1. The summed E-state index contributed by atoms with van der Waals surface area (Å²) in [7, 11) is 3.24. The first-order chi connectivity index (χ1) is 18.9. The van der Waals surface area contributed by atoms with Crippen LogP contribution in [0.1, 0.15) is 29.3 Å². The molecule has 3 aromatic carbocycles. The van der Waals surface area contributed by atoms with Crippen molar-refractivity contribution in [2.24, 2.45) is 0 Å². The maximum atomic E-state index is 12.4. The number of aliphatic hydroxyl groups is 1. The maximum Gasteiger partial charge on any atom is 0.351 e. The highest BCUT2D eigenvalue weighted by Crippen LogP contribution is 2.42. The summed E-state index contributed by atoms with van der Waals surface area (Å²) in [6, 6.07) is 26.8. The van der Waals surface area contributed by atoms with Crippen molar-refractivity contribution in [2.75, 3.05) is 26.6 Å². The molecule has 3 unspecified atom stereocenters. The van der Waals surface area contributed by atoms with E-state index in [0.29, 0.717) is 0 Å². The number of ether oxygens (including phenoxy) is 4. The Kier molecular flexibility index (Phi) is 7.65. The predicted octanol–water partition coefficient (Wildman–Crippen LogP) is 3.50. The Morgan fingerprint density at radius 2 is 1.49 bits per heavy atom. The van der Waals surface area contributed by atoms with Gasteiger partial charge >= 0.3 is 5.69 Å². The molecular formula is C30H31N3O6. The summed E-state index contributed by atoms with van der Waals surface area (Å²) >= 11 is 0. The van der Waals surface area contributed by atoms with Crippen molar-refractivity contribution in [1.29, 1.82) is 0 Å². The fraction of sp³-hybridized carbons (Fsp3) is 0.267. The van der Waals surface area contributed by atoms with Crippen molar-refractivity contribution in [1.82, 2.24) is 9.55 Å². The number of methoxy groups -OCH3 is 2. The molecule has 4 aromatic rings. The van der Waals surface area contributed by atoms with Crippen molar-refractivity contribution in [3.05, 3.63) is 118 Å². The van der Waals surface area contributed by atoms with Crippen LogP contribution in [-0.2, 0) is 15.1 Å². The van der Waals surface area contributed by atoms with Gasteiger partial charge in [0.05, 0.1) is 26.9 Å². The van der Waals surface area contributed by atoms with E-state index in [4.69, 9.17) is 24.7 Å². The van der Waals surface area contributed by atoms with Crippen molar-refractivity contribution in [3.8, 4) is 11.5 Å². The van der Waals surface area contributed by atoms with Crippen LogP contribution in [0.5, 0.6) is 11.5 Å². The Bertz CT molecular complexity index is 1390. The Morgan fingerprint density at radius 3 is 2.03 bits per heavy atom. The van der Waals surface area contributed by atoms with Crippen LogP contribution in [0.2, 0.25) is 0 Å². The molecule has 5 rings (SSSR count). The summed E-state index contributed by atoms with van der Waals surface area (Å²) in [5, 5.41) is 10.9. The number of aliphatic hydroxyl groups excluding tert-OH is 1. The number of hydrogen-bond acceptors (Lipinski definition) is 8. The van der Waals surface area contributed by atoms with Crippen LogP contribution in [0, 0.1) is 0 Å². The van der Waals surface area contributed by atoms with Gasteiger partial charge in [0.25, 0.3) is 0 Å². The van der Waals surface area contributed by atoms with Crippen molar-refractivity contribution >= 4 is 5.82 Å². The van der Waals surface area contributed by atoms with Crippen molar-refractivity contribution in [2.45, 2.75) is 30.5 Å². The van der Waals surface area contributed by atoms with E-state index in [1.54, 1.807) is 14.2 Å². The van der Waals surface area contributed by atoms with E-state index in [2.05, 4.69) is 4.98 Å². The number of nitrogens with zero attached hydrogens (tertiary/aromatic N) is 2. The zero-order valence-corrected chi connectivity index (χ0v) is 21.8. The summed E-state index contributed by atoms with van der Waals surface area (Å²) in [5.74, 6) is 1.56. The highest BCUT2D eigenvalue weighted by molar-refractivity contribution is 5.49. The van der Waals surface area contributed by atoms with E-state index < -0.39 is 29.7 Å². The van der Waals surface area contributed by atoms with Gasteiger partial charge in [0.15, 0.2) is 0 Å². The third-order valence-corrected chi connectivity index (χ3v) is 7.00. The second kappa shape index (κ2) is 11.3. The summed E-state index contributed by atoms with van der Waals surface area (Å²) in [6.45, 7) is 0.0434. The molecule has 0 saturated carbocycles. The van der Waals surface area contributed by atoms with Crippen LogP contribution in [0.3, 0.4) is 0 Å². The summed E-state index contributed by atoms with van der Waals surface area (Å²) in [5.41, 5.74) is 6.65. The SMILES string of the molecule is COc1ccc(C(OCC2OC(n3ccc(N)nc3=O)CC2O)(c2ccccc2)c2ccc(OC)cc2)cc1. The lowest BCUT2D eigenvalue weighted by molar-refractivity contribution is -0.0944. The summed E-state index contributed by atoms with van der Waals surface area (Å²) in [4.78, 5) is 16.1. The number of benzene rings is 3. The van der Waals surface area contributed by atoms with Gasteiger partial charge in [-0.05, 0) is 47.0 Å². The summed E-state index contributed by atoms with van der Waals surface area (Å²) < 4.78 is 25.1. The number of aromatic nitrogens is 2. The predicted molar refractivity (Wildman–Crippen MR) is 146 cm³/mol. The maximum absolute atomic E-state index is 12.4. The molecule has 3 N–H and O–H groups in total. The first kappa shape index (κ1) is 26.4. The van der Waals surface area contributed by atoms with E-state index in [0.717, 1.165) is 28.2 Å². The molecule has 202 valence electrons. The van der Waals surface area contributed by atoms with Crippen molar-refractivity contribution in [3.63, 3.8) is 0 Å². The lowest BCUT2D eigenvalue weighted by Crippen LogP contribution is -2.38. The molecule has 1 saturated heterocycles. The van der Waals surface area contributed by atoms with Gasteiger partial charge in [0, 0.05) is 12.6 Å². The number of nitrogens with two attached hydrogens (primary N) is 1. The molecule has 0 spiro atoms. The van der Waals surface area contributed by atoms with Crippen LogP contribution < -0.4 is 20.9 Å². The molecule has 3 atom stereocenters. The smallest absolute Gasteiger partial charge is 0.351 e. The van der Waals surface area contributed by atoms with E-state index >= 15 is 0 Å². The lowest BCUT2D eigenvalue weighted by Gasteiger charge is -2.37. The van der Waals surface area contributed by atoms with E-state index in [-0.39, 0.29) is 18.8 Å². The first-order valence-electron chi connectivity index (χ1n) is 12.6. The standard InChI is InChI=1S/C30H31N3O6/c1-36-23-12-8-21(9-13-23)30(20-6-4-3-5-7-20,22-10-14-24(37-2)15-11-22)38-19-26-25(34)18-28(39-26)33-17-16-27(31)32-29(33)35/h3-17,25-26,28,34H,18-19H2,1-2H3,(H2,31,32,35). The Morgan fingerprint density at radius 1 is 0.923 bits per heavy atom. The Labute approximate surface area is 226 Å². The number of nitrogen functional groups attached to an aromatic ring is 1. The molecule has 0 amide bonds. The van der Waals surface area contributed by atoms with Crippen LogP contribution in [0.4, 0.5) is 5.82 Å². The average molecular weight is 530 g/mol. The minimum absolute atomic E-state index is 0.0434. The van der Waals surface area contributed by atoms with Gasteiger partial charge in [-0.15, -0.1) is 0 Å². The Balaban J connectivity index is 1.53. The van der Waals surface area contributed by atoms with E-state index in [9.17, 15) is 9.90 Å². The Hall–Kier alpha value is -4.18. The van der Waals surface area contributed by atoms with Gasteiger partial charge in [-0.2, -0.15) is 4.98 Å². The molecule has 0 aliphatic carbocycles. The van der Waals surface area contributed by atoms with Crippen molar-refractivity contribution < 1.29 is 24.1 Å². The van der Waals surface area contributed by atoms with Gasteiger partial charge in [0.1, 0.15) is 35.2 Å². The summed E-state index contributed by atoms with van der Waals surface area (Å²) in [6.07, 6.45) is -0.516. The third kappa shape index (κ3) is 5.24. The molecule has 1 aromatic heterocycles. The van der Waals surface area contributed by atoms with Gasteiger partial charge in [-0.1, -0.05) is 54.6 Å². The molecule has 1 fully saturated rings. The molecule has 39 heavy (non-hydrogen) atoms. The number of hydrogen-bond donors (Lipinski definition) is 2. The van der Waals surface area contributed by atoms with E-state index in [1.165, 1.54) is 16.8 Å².